The Hall–Kier alpha value is -3.55. The summed E-state index contributed by atoms with van der Waals surface area (Å²) < 4.78 is 28.8. The molecule has 1 saturated heterocycles. The molecular weight excluding hydrogens is 426 g/mol. The van der Waals surface area contributed by atoms with Crippen LogP contribution in [-0.2, 0) is 11.2 Å². The SMILES string of the molecule is Cc1ccc(C(=O)N2CCN(C(=O)Cc3c(C)nn(-c4ccc(F)cc4)c3C)CC2)cc1F. The molecule has 0 radical (unpaired) electrons. The number of aromatic nitrogens is 2. The first kappa shape index (κ1) is 22.6. The standard InChI is InChI=1S/C25H26F2N4O2/c1-16-4-5-19(14-23(16)27)25(33)30-12-10-29(11-13-30)24(32)15-22-17(2)28-31(18(22)3)21-8-6-20(26)7-9-21/h4-9,14H,10-13,15H2,1-3H3. The summed E-state index contributed by atoms with van der Waals surface area (Å²) >= 11 is 0. The van der Waals surface area contributed by atoms with Gasteiger partial charge in [-0.3, -0.25) is 9.59 Å². The highest BCUT2D eigenvalue weighted by molar-refractivity contribution is 5.94. The van der Waals surface area contributed by atoms with Gasteiger partial charge in [0.2, 0.25) is 5.91 Å². The quantitative estimate of drug-likeness (QED) is 0.608. The molecule has 0 spiro atoms. The number of rotatable bonds is 4. The Morgan fingerprint density at radius 1 is 0.909 bits per heavy atom. The van der Waals surface area contributed by atoms with E-state index in [0.29, 0.717) is 37.3 Å². The van der Waals surface area contributed by atoms with E-state index in [9.17, 15) is 18.4 Å². The Morgan fingerprint density at radius 2 is 1.55 bits per heavy atom. The summed E-state index contributed by atoms with van der Waals surface area (Å²) in [6.45, 7) is 7.03. The summed E-state index contributed by atoms with van der Waals surface area (Å²) in [5.41, 5.74) is 3.98. The molecule has 1 aliphatic heterocycles. The summed E-state index contributed by atoms with van der Waals surface area (Å²) in [4.78, 5) is 29.1. The van der Waals surface area contributed by atoms with Gasteiger partial charge in [0, 0.05) is 43.0 Å². The maximum absolute atomic E-state index is 13.8. The van der Waals surface area contributed by atoms with Crippen molar-refractivity contribution < 1.29 is 18.4 Å². The molecule has 33 heavy (non-hydrogen) atoms. The highest BCUT2D eigenvalue weighted by Crippen LogP contribution is 2.20. The average Bonchev–Trinajstić information content (AvgIpc) is 3.09. The number of piperazine rings is 1. The normalized spacial score (nSPS) is 14.0. The Kier molecular flexibility index (Phi) is 6.26. The van der Waals surface area contributed by atoms with Gasteiger partial charge in [0.15, 0.2) is 0 Å². The zero-order chi connectivity index (χ0) is 23.7. The average molecular weight is 453 g/mol. The number of halogens is 2. The molecule has 2 amide bonds. The lowest BCUT2D eigenvalue weighted by atomic mass is 10.1. The van der Waals surface area contributed by atoms with Gasteiger partial charge in [-0.15, -0.1) is 0 Å². The van der Waals surface area contributed by atoms with E-state index < -0.39 is 5.82 Å². The minimum atomic E-state index is -0.401. The third-order valence-electron chi connectivity index (χ3n) is 6.18. The van der Waals surface area contributed by atoms with Gasteiger partial charge in [-0.1, -0.05) is 6.07 Å². The molecule has 0 saturated carbocycles. The van der Waals surface area contributed by atoms with E-state index in [0.717, 1.165) is 22.6 Å². The summed E-state index contributed by atoms with van der Waals surface area (Å²) in [5.74, 6) is -0.982. The third-order valence-corrected chi connectivity index (χ3v) is 6.18. The van der Waals surface area contributed by atoms with Crippen LogP contribution in [0.2, 0.25) is 0 Å². The second kappa shape index (κ2) is 9.13. The Morgan fingerprint density at radius 3 is 2.18 bits per heavy atom. The van der Waals surface area contributed by atoms with Crippen LogP contribution >= 0.6 is 0 Å². The van der Waals surface area contributed by atoms with Crippen LogP contribution in [0.25, 0.3) is 5.69 Å². The van der Waals surface area contributed by atoms with Crippen LogP contribution in [0.15, 0.2) is 42.5 Å². The largest absolute Gasteiger partial charge is 0.339 e. The van der Waals surface area contributed by atoms with E-state index in [-0.39, 0.29) is 24.1 Å². The minimum Gasteiger partial charge on any atom is -0.339 e. The zero-order valence-corrected chi connectivity index (χ0v) is 18.9. The van der Waals surface area contributed by atoms with Crippen molar-refractivity contribution >= 4 is 11.8 Å². The van der Waals surface area contributed by atoms with Gasteiger partial charge >= 0.3 is 0 Å². The molecule has 2 heterocycles. The second-order valence-electron chi connectivity index (χ2n) is 8.35. The molecule has 1 aliphatic rings. The summed E-state index contributed by atoms with van der Waals surface area (Å²) in [6, 6.07) is 10.5. The number of hydrogen-bond donors (Lipinski definition) is 0. The van der Waals surface area contributed by atoms with Crippen molar-refractivity contribution in [2.75, 3.05) is 26.2 Å². The fourth-order valence-electron chi connectivity index (χ4n) is 4.09. The number of hydrogen-bond acceptors (Lipinski definition) is 3. The minimum absolute atomic E-state index is 0.0339. The van der Waals surface area contributed by atoms with Crippen LogP contribution in [0.5, 0.6) is 0 Å². The number of carbonyl (C=O) groups excluding carboxylic acids is 2. The third kappa shape index (κ3) is 4.65. The van der Waals surface area contributed by atoms with Gasteiger partial charge in [-0.25, -0.2) is 13.5 Å². The maximum Gasteiger partial charge on any atom is 0.254 e. The summed E-state index contributed by atoms with van der Waals surface area (Å²) in [5, 5.41) is 4.53. The molecule has 0 unspecified atom stereocenters. The Bertz CT molecular complexity index is 1200. The van der Waals surface area contributed by atoms with Crippen LogP contribution in [0.3, 0.4) is 0 Å². The van der Waals surface area contributed by atoms with Crippen molar-refractivity contribution in [1.82, 2.24) is 19.6 Å². The van der Waals surface area contributed by atoms with Gasteiger partial charge in [0.25, 0.3) is 5.91 Å². The van der Waals surface area contributed by atoms with E-state index in [2.05, 4.69) is 5.10 Å². The molecule has 1 aromatic heterocycles. The van der Waals surface area contributed by atoms with E-state index in [1.807, 2.05) is 13.8 Å². The van der Waals surface area contributed by atoms with Gasteiger partial charge in [-0.05, 0) is 62.7 Å². The first-order chi connectivity index (χ1) is 15.7. The lowest BCUT2D eigenvalue weighted by Gasteiger charge is -2.35. The number of benzene rings is 2. The van der Waals surface area contributed by atoms with E-state index in [1.54, 1.807) is 45.7 Å². The molecule has 4 rings (SSSR count). The molecule has 172 valence electrons. The summed E-state index contributed by atoms with van der Waals surface area (Å²) in [7, 11) is 0. The van der Waals surface area contributed by atoms with Gasteiger partial charge in [-0.2, -0.15) is 5.10 Å². The van der Waals surface area contributed by atoms with Gasteiger partial charge < -0.3 is 9.80 Å². The highest BCUT2D eigenvalue weighted by atomic mass is 19.1. The van der Waals surface area contributed by atoms with Crippen molar-refractivity contribution in [1.29, 1.82) is 0 Å². The molecule has 8 heteroatoms. The molecule has 2 aromatic carbocycles. The van der Waals surface area contributed by atoms with Crippen LogP contribution in [0.4, 0.5) is 8.78 Å². The summed E-state index contributed by atoms with van der Waals surface area (Å²) in [6.07, 6.45) is 0.204. The van der Waals surface area contributed by atoms with E-state index in [1.165, 1.54) is 18.2 Å². The van der Waals surface area contributed by atoms with Crippen molar-refractivity contribution in [3.63, 3.8) is 0 Å². The van der Waals surface area contributed by atoms with Crippen LogP contribution in [-0.4, -0.2) is 57.6 Å². The molecule has 0 N–H and O–H groups in total. The van der Waals surface area contributed by atoms with Crippen molar-refractivity contribution in [2.24, 2.45) is 0 Å². The highest BCUT2D eigenvalue weighted by Gasteiger charge is 2.26. The van der Waals surface area contributed by atoms with E-state index in [4.69, 9.17) is 0 Å². The molecule has 3 aromatic rings. The molecule has 0 atom stereocenters. The fraction of sp³-hybridized carbons (Fsp3) is 0.320. The van der Waals surface area contributed by atoms with Crippen LogP contribution < -0.4 is 0 Å². The number of amides is 2. The van der Waals surface area contributed by atoms with Gasteiger partial charge in [0.1, 0.15) is 11.6 Å². The Balaban J connectivity index is 1.40. The smallest absolute Gasteiger partial charge is 0.254 e. The monoisotopic (exact) mass is 452 g/mol. The molecule has 1 fully saturated rings. The van der Waals surface area contributed by atoms with Crippen LogP contribution in [0.1, 0.15) is 32.9 Å². The predicted octanol–water partition coefficient (Wildman–Crippen LogP) is 3.60. The number of carbonyl (C=O) groups is 2. The number of nitrogens with zero attached hydrogens (tertiary/aromatic N) is 4. The van der Waals surface area contributed by atoms with Crippen LogP contribution in [0, 0.1) is 32.4 Å². The Labute approximate surface area is 191 Å². The molecule has 0 aliphatic carbocycles. The predicted molar refractivity (Wildman–Crippen MR) is 120 cm³/mol. The second-order valence-corrected chi connectivity index (χ2v) is 8.35. The van der Waals surface area contributed by atoms with Crippen molar-refractivity contribution in [3.05, 3.63) is 82.2 Å². The number of aryl methyl sites for hydroxylation is 2. The van der Waals surface area contributed by atoms with Crippen molar-refractivity contribution in [3.8, 4) is 5.69 Å². The molecular formula is C25H26F2N4O2. The lowest BCUT2D eigenvalue weighted by Crippen LogP contribution is -2.51. The van der Waals surface area contributed by atoms with E-state index >= 15 is 0 Å². The fourth-order valence-corrected chi connectivity index (χ4v) is 4.09. The van der Waals surface area contributed by atoms with Gasteiger partial charge in [0.05, 0.1) is 17.8 Å². The van der Waals surface area contributed by atoms with Crippen molar-refractivity contribution in [2.45, 2.75) is 27.2 Å². The lowest BCUT2D eigenvalue weighted by molar-refractivity contribution is -0.131. The first-order valence-corrected chi connectivity index (χ1v) is 10.9. The molecule has 6 nitrogen and oxygen atoms in total. The first-order valence-electron chi connectivity index (χ1n) is 10.9. The zero-order valence-electron chi connectivity index (χ0n) is 18.9. The molecule has 0 bridgehead atoms. The maximum atomic E-state index is 13.8. The topological polar surface area (TPSA) is 58.4 Å².